The van der Waals surface area contributed by atoms with Crippen LogP contribution in [0.2, 0.25) is 0 Å². The average Bonchev–Trinajstić information content (AvgIpc) is 2.88. The highest BCUT2D eigenvalue weighted by Crippen LogP contribution is 2.48. The Balaban J connectivity index is 1.92. The van der Waals surface area contributed by atoms with Gasteiger partial charge in [-0.2, -0.15) is 0 Å². The number of hydrogen-bond donors (Lipinski definition) is 3. The number of nitrogens with two attached hydrogens (primary N) is 1. The number of amides is 2. The molecule has 0 heterocycles. The lowest BCUT2D eigenvalue weighted by atomic mass is 9.88. The summed E-state index contributed by atoms with van der Waals surface area (Å²) in [7, 11) is 0. The Morgan fingerprint density at radius 2 is 2.00 bits per heavy atom. The van der Waals surface area contributed by atoms with Crippen molar-refractivity contribution in [3.05, 3.63) is 0 Å². The minimum Gasteiger partial charge on any atom is -0.480 e. The van der Waals surface area contributed by atoms with Gasteiger partial charge in [-0.25, -0.2) is 4.79 Å². The van der Waals surface area contributed by atoms with Crippen LogP contribution in [0.1, 0.15) is 32.1 Å². The monoisotopic (exact) mass is 254 g/mol. The Labute approximate surface area is 105 Å². The predicted octanol–water partition coefficient (Wildman–Crippen LogP) is -0.133. The summed E-state index contributed by atoms with van der Waals surface area (Å²) in [5.41, 5.74) is 4.97. The first-order valence-electron chi connectivity index (χ1n) is 6.29. The Bertz CT molecular complexity index is 382. The van der Waals surface area contributed by atoms with Crippen molar-refractivity contribution in [1.29, 1.82) is 0 Å². The van der Waals surface area contributed by atoms with E-state index in [0.29, 0.717) is 11.8 Å². The second kappa shape index (κ2) is 4.96. The highest BCUT2D eigenvalue weighted by molar-refractivity contribution is 5.89. The number of rotatable bonds is 5. The van der Waals surface area contributed by atoms with E-state index >= 15 is 0 Å². The van der Waals surface area contributed by atoms with Crippen molar-refractivity contribution in [1.82, 2.24) is 5.32 Å². The number of carboxylic acid groups (broad SMARTS) is 1. The molecule has 2 saturated carbocycles. The minimum absolute atomic E-state index is 0.0847. The third-order valence-corrected chi connectivity index (χ3v) is 4.09. The maximum Gasteiger partial charge on any atom is 0.326 e. The predicted molar refractivity (Wildman–Crippen MR) is 62.3 cm³/mol. The molecule has 0 spiro atoms. The Morgan fingerprint density at radius 3 is 2.44 bits per heavy atom. The number of carboxylic acids is 1. The van der Waals surface area contributed by atoms with Gasteiger partial charge in [0.15, 0.2) is 0 Å². The topological polar surface area (TPSA) is 109 Å². The lowest BCUT2D eigenvalue weighted by Crippen LogP contribution is -2.46. The first-order valence-corrected chi connectivity index (χ1v) is 6.29. The van der Waals surface area contributed by atoms with Gasteiger partial charge in [0.1, 0.15) is 6.04 Å². The molecule has 4 N–H and O–H groups in total. The average molecular weight is 254 g/mol. The van der Waals surface area contributed by atoms with Gasteiger partial charge < -0.3 is 16.2 Å². The molecule has 6 nitrogen and oxygen atoms in total. The van der Waals surface area contributed by atoms with E-state index in [0.717, 1.165) is 19.3 Å². The quantitative estimate of drug-likeness (QED) is 0.634. The van der Waals surface area contributed by atoms with E-state index in [4.69, 9.17) is 10.8 Å². The Morgan fingerprint density at radius 1 is 1.28 bits per heavy atom. The molecule has 0 aromatic rings. The first kappa shape index (κ1) is 12.9. The van der Waals surface area contributed by atoms with Gasteiger partial charge in [0.05, 0.1) is 6.42 Å². The lowest BCUT2D eigenvalue weighted by molar-refractivity contribution is -0.144. The standard InChI is InChI=1S/C12H18N2O4/c13-10(15)5-9(12(17)18)14-11(16)8-4-6-1-2-7(8)3-6/h6-9H,1-5H2,(H2,13,15)(H,14,16)(H,17,18)/t6?,7?,8?,9-/m0/s1. The molecule has 100 valence electrons. The summed E-state index contributed by atoms with van der Waals surface area (Å²) in [6.45, 7) is 0. The molecular weight excluding hydrogens is 236 g/mol. The molecule has 2 amide bonds. The molecule has 0 radical (unpaired) electrons. The molecule has 2 aliphatic rings. The van der Waals surface area contributed by atoms with Crippen LogP contribution < -0.4 is 11.1 Å². The van der Waals surface area contributed by atoms with E-state index in [1.165, 1.54) is 6.42 Å². The van der Waals surface area contributed by atoms with E-state index in [1.807, 2.05) is 0 Å². The van der Waals surface area contributed by atoms with Crippen LogP contribution in [0.15, 0.2) is 0 Å². The Hall–Kier alpha value is -1.59. The van der Waals surface area contributed by atoms with Gasteiger partial charge in [-0.05, 0) is 31.1 Å². The van der Waals surface area contributed by atoms with Gasteiger partial charge in [-0.15, -0.1) is 0 Å². The summed E-state index contributed by atoms with van der Waals surface area (Å²) in [6, 6.07) is -1.20. The summed E-state index contributed by atoms with van der Waals surface area (Å²) in [6.07, 6.45) is 3.79. The molecule has 0 aromatic heterocycles. The summed E-state index contributed by atoms with van der Waals surface area (Å²) in [5.74, 6) is -1.27. The molecule has 4 atom stereocenters. The van der Waals surface area contributed by atoms with E-state index in [-0.39, 0.29) is 18.2 Å². The van der Waals surface area contributed by atoms with Crippen LogP contribution in [-0.2, 0) is 14.4 Å². The molecule has 0 aromatic carbocycles. The molecule has 2 fully saturated rings. The summed E-state index contributed by atoms with van der Waals surface area (Å²) in [5, 5.41) is 11.4. The minimum atomic E-state index is -1.22. The third-order valence-electron chi connectivity index (χ3n) is 4.09. The van der Waals surface area contributed by atoms with Gasteiger partial charge in [0, 0.05) is 5.92 Å². The van der Waals surface area contributed by atoms with Crippen LogP contribution in [0.3, 0.4) is 0 Å². The van der Waals surface area contributed by atoms with E-state index in [2.05, 4.69) is 5.32 Å². The van der Waals surface area contributed by atoms with Crippen molar-refractivity contribution in [3.8, 4) is 0 Å². The maximum atomic E-state index is 12.0. The normalized spacial score (nSPS) is 31.0. The number of carbonyl (C=O) groups excluding carboxylic acids is 2. The van der Waals surface area contributed by atoms with Crippen molar-refractivity contribution in [2.24, 2.45) is 23.5 Å². The number of aliphatic carboxylic acids is 1. The SMILES string of the molecule is NC(=O)C[C@H](NC(=O)C1CC2CCC1C2)C(=O)O. The van der Waals surface area contributed by atoms with E-state index in [9.17, 15) is 14.4 Å². The Kier molecular flexibility index (Phi) is 3.54. The van der Waals surface area contributed by atoms with Crippen LogP contribution in [0.25, 0.3) is 0 Å². The molecule has 2 aliphatic carbocycles. The number of carbonyl (C=O) groups is 3. The molecular formula is C12H18N2O4. The van der Waals surface area contributed by atoms with Crippen LogP contribution in [0.4, 0.5) is 0 Å². The van der Waals surface area contributed by atoms with Crippen LogP contribution in [0, 0.1) is 17.8 Å². The molecule has 0 saturated heterocycles. The lowest BCUT2D eigenvalue weighted by Gasteiger charge is -2.22. The first-order chi connectivity index (χ1) is 8.47. The van der Waals surface area contributed by atoms with Crippen molar-refractivity contribution in [3.63, 3.8) is 0 Å². The van der Waals surface area contributed by atoms with E-state index in [1.54, 1.807) is 0 Å². The smallest absolute Gasteiger partial charge is 0.326 e. The number of primary amides is 1. The zero-order chi connectivity index (χ0) is 13.3. The second-order valence-corrected chi connectivity index (χ2v) is 5.35. The highest BCUT2D eigenvalue weighted by atomic mass is 16.4. The van der Waals surface area contributed by atoms with Crippen molar-refractivity contribution >= 4 is 17.8 Å². The number of hydrogen-bond acceptors (Lipinski definition) is 3. The fraction of sp³-hybridized carbons (Fsp3) is 0.750. The fourth-order valence-electron chi connectivity index (χ4n) is 3.25. The summed E-state index contributed by atoms with van der Waals surface area (Å²) in [4.78, 5) is 33.7. The van der Waals surface area contributed by atoms with Crippen molar-refractivity contribution in [2.75, 3.05) is 0 Å². The van der Waals surface area contributed by atoms with Crippen LogP contribution >= 0.6 is 0 Å². The molecule has 2 bridgehead atoms. The molecule has 6 heteroatoms. The summed E-state index contributed by atoms with van der Waals surface area (Å²) < 4.78 is 0. The zero-order valence-corrected chi connectivity index (χ0v) is 10.1. The van der Waals surface area contributed by atoms with Crippen LogP contribution in [-0.4, -0.2) is 28.9 Å². The highest BCUT2D eigenvalue weighted by Gasteiger charge is 2.43. The summed E-state index contributed by atoms with van der Waals surface area (Å²) >= 11 is 0. The van der Waals surface area contributed by atoms with Gasteiger partial charge >= 0.3 is 5.97 Å². The van der Waals surface area contributed by atoms with Crippen molar-refractivity contribution < 1.29 is 19.5 Å². The number of fused-ring (bicyclic) bond motifs is 2. The molecule has 18 heavy (non-hydrogen) atoms. The molecule has 2 rings (SSSR count). The maximum absolute atomic E-state index is 12.0. The van der Waals surface area contributed by atoms with Crippen LogP contribution in [0.5, 0.6) is 0 Å². The van der Waals surface area contributed by atoms with Crippen molar-refractivity contribution in [2.45, 2.75) is 38.1 Å². The fourth-order valence-corrected chi connectivity index (χ4v) is 3.25. The molecule has 0 aliphatic heterocycles. The zero-order valence-electron chi connectivity index (χ0n) is 10.1. The second-order valence-electron chi connectivity index (χ2n) is 5.35. The van der Waals surface area contributed by atoms with Gasteiger partial charge in [0.2, 0.25) is 11.8 Å². The number of nitrogens with one attached hydrogen (secondary N) is 1. The largest absolute Gasteiger partial charge is 0.480 e. The van der Waals surface area contributed by atoms with E-state index < -0.39 is 17.9 Å². The van der Waals surface area contributed by atoms with Gasteiger partial charge in [-0.3, -0.25) is 9.59 Å². The van der Waals surface area contributed by atoms with Gasteiger partial charge in [-0.1, -0.05) is 6.42 Å². The third kappa shape index (κ3) is 2.63. The molecule has 3 unspecified atom stereocenters. The van der Waals surface area contributed by atoms with Gasteiger partial charge in [0.25, 0.3) is 0 Å².